The zero-order valence-corrected chi connectivity index (χ0v) is 5.20. The molecule has 0 amide bonds. The Kier molecular flexibility index (Phi) is 3.07. The normalized spacial score (nSPS) is 10.0. The van der Waals surface area contributed by atoms with Crippen LogP contribution in [0.2, 0.25) is 0 Å². The summed E-state index contributed by atoms with van der Waals surface area (Å²) in [6.07, 6.45) is 0. The van der Waals surface area contributed by atoms with Crippen molar-refractivity contribution < 1.29 is 23.9 Å². The number of rotatable bonds is 1. The van der Waals surface area contributed by atoms with E-state index in [0.717, 1.165) is 0 Å². The van der Waals surface area contributed by atoms with Crippen molar-refractivity contribution in [1.82, 2.24) is 0 Å². The van der Waals surface area contributed by atoms with Crippen LogP contribution in [0.5, 0.6) is 0 Å². The SMILES string of the molecule is O=C(O)[AsH][Cu]. The van der Waals surface area contributed by atoms with Crippen LogP contribution in [0.25, 0.3) is 0 Å². The van der Waals surface area contributed by atoms with Gasteiger partial charge in [0.05, 0.1) is 0 Å². The van der Waals surface area contributed by atoms with Gasteiger partial charge in [0.2, 0.25) is 0 Å². The van der Waals surface area contributed by atoms with E-state index in [1.165, 1.54) is 0 Å². The summed E-state index contributed by atoms with van der Waals surface area (Å²) >= 11 is 3.25. The van der Waals surface area contributed by atoms with Gasteiger partial charge in [-0.2, -0.15) is 0 Å². The average molecular weight is 184 g/mol. The first-order valence-corrected chi connectivity index (χ1v) is 4.96. The summed E-state index contributed by atoms with van der Waals surface area (Å²) in [6, 6.07) is 0. The van der Waals surface area contributed by atoms with Crippen LogP contribution >= 0.6 is 0 Å². The van der Waals surface area contributed by atoms with Gasteiger partial charge in [-0.3, -0.25) is 0 Å². The van der Waals surface area contributed by atoms with E-state index in [-0.39, 0.29) is 0 Å². The summed E-state index contributed by atoms with van der Waals surface area (Å²) in [5.41, 5.74) is 0. The molecule has 1 unspecified atom stereocenters. The second-order valence-electron chi connectivity index (χ2n) is 0.381. The molecule has 0 aliphatic heterocycles. The Bertz CT molecular complexity index is 44.9. The van der Waals surface area contributed by atoms with Crippen LogP contribution in [0, 0.1) is 0 Å². The minimum absolute atomic E-state index is 0.815. The van der Waals surface area contributed by atoms with Crippen LogP contribution < -0.4 is 0 Å². The molecular weight excluding hydrogens is 182 g/mol. The number of carbonyl (C=O) groups is 1. The van der Waals surface area contributed by atoms with Gasteiger partial charge in [0.15, 0.2) is 0 Å². The molecule has 4 heteroatoms. The van der Waals surface area contributed by atoms with Gasteiger partial charge in [-0.15, -0.1) is 0 Å². The summed E-state index contributed by atoms with van der Waals surface area (Å²) in [5, 5.41) is 7.67. The van der Waals surface area contributed by atoms with Gasteiger partial charge in [0.1, 0.15) is 0 Å². The van der Waals surface area contributed by atoms with Crippen LogP contribution in [-0.4, -0.2) is 23.7 Å². The predicted octanol–water partition coefficient (Wildman–Crippen LogP) is -0.437. The van der Waals surface area contributed by atoms with Gasteiger partial charge in [-0.25, -0.2) is 0 Å². The van der Waals surface area contributed by atoms with Crippen molar-refractivity contribution in [3.63, 3.8) is 0 Å². The van der Waals surface area contributed by atoms with E-state index in [0.29, 0.717) is 0 Å². The van der Waals surface area contributed by atoms with Gasteiger partial charge in [-0.05, 0) is 0 Å². The topological polar surface area (TPSA) is 37.3 Å². The van der Waals surface area contributed by atoms with E-state index in [4.69, 9.17) is 5.11 Å². The van der Waals surface area contributed by atoms with Crippen molar-refractivity contribution in [2.45, 2.75) is 0 Å². The Labute approximate surface area is 42.9 Å². The zero-order valence-electron chi connectivity index (χ0n) is 2.16. The van der Waals surface area contributed by atoms with Gasteiger partial charge < -0.3 is 0 Å². The third-order valence-corrected chi connectivity index (χ3v) is 1.38. The molecule has 1 atom stereocenters. The summed E-state index contributed by atoms with van der Waals surface area (Å²) in [5.74, 6) is 0. The third-order valence-electron chi connectivity index (χ3n) is 0.0645. The number of carboxylic acid groups (broad SMARTS) is 1. The number of hydrogen-bond donors (Lipinski definition) is 1. The van der Waals surface area contributed by atoms with Gasteiger partial charge in [0, 0.05) is 0 Å². The molecule has 1 N–H and O–H groups in total. The Balaban J connectivity index is 2.85. The van der Waals surface area contributed by atoms with E-state index in [1.54, 1.807) is 0 Å². The molecule has 0 rings (SSSR count). The van der Waals surface area contributed by atoms with Gasteiger partial charge >= 0.3 is 42.5 Å². The van der Waals surface area contributed by atoms with Gasteiger partial charge in [0.25, 0.3) is 0 Å². The summed E-state index contributed by atoms with van der Waals surface area (Å²) in [4.78, 5) is 9.31. The van der Waals surface area contributed by atoms with Crippen LogP contribution in [0.4, 0.5) is 4.79 Å². The van der Waals surface area contributed by atoms with Crippen molar-refractivity contribution in [3.8, 4) is 0 Å². The van der Waals surface area contributed by atoms with Gasteiger partial charge in [-0.1, -0.05) is 0 Å². The standard InChI is InChI=1S/CH2AsO2.Cu/c2-1(3)4;/h2H,(H,3,4);/q-1;+1. The Morgan fingerprint density at radius 2 is 2.20 bits per heavy atom. The Hall–Kier alpha value is 0.548. The first kappa shape index (κ1) is 5.55. The first-order chi connectivity index (χ1) is 2.27. The molecule has 0 heterocycles. The second-order valence-corrected chi connectivity index (χ2v) is 2.82. The van der Waals surface area contributed by atoms with Crippen LogP contribution in [0.3, 0.4) is 0 Å². The first-order valence-electron chi connectivity index (χ1n) is 0.828. The fourth-order valence-electron chi connectivity index (χ4n) is 0. The molecule has 0 aliphatic rings. The van der Waals surface area contributed by atoms with Crippen LogP contribution in [0.15, 0.2) is 0 Å². The summed E-state index contributed by atoms with van der Waals surface area (Å²) < 4.78 is -0.815. The van der Waals surface area contributed by atoms with Crippen molar-refractivity contribution in [1.29, 1.82) is 0 Å². The molecule has 0 saturated carbocycles. The molecule has 0 spiro atoms. The minimum atomic E-state index is -1.08. The monoisotopic (exact) mass is 184 g/mol. The summed E-state index contributed by atoms with van der Waals surface area (Å²) in [6.45, 7) is 0. The van der Waals surface area contributed by atoms with Crippen LogP contribution in [-0.2, 0) is 14.0 Å². The van der Waals surface area contributed by atoms with Crippen molar-refractivity contribution in [3.05, 3.63) is 0 Å². The predicted molar refractivity (Wildman–Crippen MR) is 15.2 cm³/mol. The summed E-state index contributed by atoms with van der Waals surface area (Å²) in [7, 11) is 0. The van der Waals surface area contributed by atoms with E-state index in [2.05, 4.69) is 14.0 Å². The average Bonchev–Trinajstić information content (AvgIpc) is 1.38. The molecule has 0 fully saturated rings. The van der Waals surface area contributed by atoms with E-state index in [9.17, 15) is 4.79 Å². The molecule has 34 valence electrons. The van der Waals surface area contributed by atoms with Crippen molar-refractivity contribution in [2.75, 3.05) is 0 Å². The molecule has 5 heavy (non-hydrogen) atoms. The molecule has 0 aromatic heterocycles. The second kappa shape index (κ2) is 2.77. The molecular formula is CH2AsCuO2. The zero-order chi connectivity index (χ0) is 4.28. The van der Waals surface area contributed by atoms with E-state index in [1.807, 2.05) is 0 Å². The molecule has 0 bridgehead atoms. The fourth-order valence-corrected chi connectivity index (χ4v) is 0. The van der Waals surface area contributed by atoms with Crippen molar-refractivity contribution >= 4 is 18.6 Å². The molecule has 2 nitrogen and oxygen atoms in total. The maximum atomic E-state index is 9.31. The van der Waals surface area contributed by atoms with Crippen LogP contribution in [0.1, 0.15) is 0 Å². The quantitative estimate of drug-likeness (QED) is 0.561. The molecule has 0 aromatic rings. The maximum absolute atomic E-state index is 9.31. The molecule has 0 aromatic carbocycles. The fraction of sp³-hybridized carbons (Fsp3) is 0. The molecule has 0 saturated heterocycles. The molecule has 0 radical (unpaired) electrons. The Morgan fingerprint density at radius 1 is 2.00 bits per heavy atom. The Morgan fingerprint density at radius 3 is 2.20 bits per heavy atom. The van der Waals surface area contributed by atoms with Crippen molar-refractivity contribution in [2.24, 2.45) is 0 Å². The van der Waals surface area contributed by atoms with E-state index >= 15 is 0 Å². The number of hydrogen-bond acceptors (Lipinski definition) is 1. The van der Waals surface area contributed by atoms with E-state index < -0.39 is 18.6 Å². The third kappa shape index (κ3) is 4.55. The molecule has 0 aliphatic carbocycles.